The quantitative estimate of drug-likeness (QED) is 0.148. The average molecular weight is 746 g/mol. The molecular weight excluding hydrogens is 703 g/mol. The Morgan fingerprint density at radius 3 is 2.47 bits per heavy atom. The van der Waals surface area contributed by atoms with E-state index < -0.39 is 16.5 Å². The first-order valence-corrected chi connectivity index (χ1v) is 17.7. The monoisotopic (exact) mass is 745 g/mol. The zero-order chi connectivity index (χ0) is 39.0. The zero-order valence-corrected chi connectivity index (χ0v) is 31.5. The molecule has 6 heterocycles. The Hall–Kier alpha value is -6.78. The van der Waals surface area contributed by atoms with Gasteiger partial charge in [0.25, 0.3) is 17.0 Å². The number of H-pyrrole nitrogens is 2. The van der Waals surface area contributed by atoms with Crippen LogP contribution in [-0.4, -0.2) is 81.0 Å². The molecular formula is C38H43N13O4. The number of aryl methyl sites for hydroxylation is 2. The SMILES string of the molecule is C=C(Cn1cnc(/C=c2\[nH]c(=O)/c(=C/c3ccccc3)[nH]c2=O)c1C(C)(C)C)C(=O)NC1CCN(c2nc(Nc3cn(C)nc3OC)c3ncn(C)c3n2)C1. The van der Waals surface area contributed by atoms with Gasteiger partial charge in [0.15, 0.2) is 17.0 Å². The molecule has 5 aromatic heterocycles. The molecule has 17 nitrogen and oxygen atoms in total. The Morgan fingerprint density at radius 2 is 1.76 bits per heavy atom. The first-order valence-electron chi connectivity index (χ1n) is 17.7. The highest BCUT2D eigenvalue weighted by atomic mass is 16.5. The number of amides is 1. The summed E-state index contributed by atoms with van der Waals surface area (Å²) in [6.07, 6.45) is 8.94. The van der Waals surface area contributed by atoms with Gasteiger partial charge in [-0.15, -0.1) is 5.10 Å². The summed E-state index contributed by atoms with van der Waals surface area (Å²) in [4.78, 5) is 65.6. The Balaban J connectivity index is 1.06. The molecule has 1 saturated heterocycles. The zero-order valence-electron chi connectivity index (χ0n) is 31.5. The number of benzene rings is 1. The molecule has 1 amide bonds. The second-order valence-electron chi connectivity index (χ2n) is 14.6. The van der Waals surface area contributed by atoms with Gasteiger partial charge >= 0.3 is 0 Å². The molecule has 1 fully saturated rings. The van der Waals surface area contributed by atoms with Crippen molar-refractivity contribution in [2.45, 2.75) is 45.2 Å². The number of carbonyl (C=O) groups is 1. The van der Waals surface area contributed by atoms with E-state index in [1.54, 1.807) is 49.8 Å². The predicted octanol–water partition coefficient (Wildman–Crippen LogP) is 1.33. The van der Waals surface area contributed by atoms with Gasteiger partial charge in [-0.2, -0.15) is 9.97 Å². The number of hydrogen-bond donors (Lipinski definition) is 4. The van der Waals surface area contributed by atoms with Crippen molar-refractivity contribution in [1.29, 1.82) is 0 Å². The van der Waals surface area contributed by atoms with E-state index in [0.717, 1.165) is 11.3 Å². The molecule has 1 atom stereocenters. The summed E-state index contributed by atoms with van der Waals surface area (Å²) in [6.45, 7) is 11.4. The molecule has 0 saturated carbocycles. The first kappa shape index (κ1) is 36.6. The maximum atomic E-state index is 13.5. The maximum Gasteiger partial charge on any atom is 0.272 e. The van der Waals surface area contributed by atoms with E-state index in [-0.39, 0.29) is 29.2 Å². The molecule has 284 valence electrons. The van der Waals surface area contributed by atoms with Crippen LogP contribution in [-0.2, 0) is 30.8 Å². The van der Waals surface area contributed by atoms with E-state index >= 15 is 0 Å². The fourth-order valence-corrected chi connectivity index (χ4v) is 6.67. The van der Waals surface area contributed by atoms with Crippen LogP contribution in [0.15, 0.2) is 70.9 Å². The largest absolute Gasteiger partial charge is 0.478 e. The van der Waals surface area contributed by atoms with Crippen LogP contribution in [0.4, 0.5) is 17.5 Å². The summed E-state index contributed by atoms with van der Waals surface area (Å²) in [5.41, 5.74) is 2.93. The molecule has 4 N–H and O–H groups in total. The van der Waals surface area contributed by atoms with Crippen LogP contribution in [0.1, 0.15) is 44.1 Å². The molecule has 0 bridgehead atoms. The molecule has 7 rings (SSSR count). The standard InChI is InChI=1S/C38H43N13O4/c1-22(17-51-21-39-25(30(51)38(2,3)4)16-27-35(54)43-26(34(53)44-27)15-23-11-9-8-10-12-23)33(52)41-24-13-14-50(18-24)37-45-31(29-32(46-37)48(5)20-40-29)42-28-19-49(6)47-36(28)55-7/h8-12,15-16,19-21,24H,1,13-14,17-18H2,2-7H3,(H,41,52)(H,43,54)(H,44,53)(H,42,45,46)/b26-15-,27-16-. The fourth-order valence-electron chi connectivity index (χ4n) is 6.67. The van der Waals surface area contributed by atoms with Gasteiger partial charge in [-0.25, -0.2) is 9.97 Å². The van der Waals surface area contributed by atoms with Crippen molar-refractivity contribution >= 4 is 46.7 Å². The summed E-state index contributed by atoms with van der Waals surface area (Å²) in [6, 6.07) is 9.08. The minimum absolute atomic E-state index is 0.0690. The van der Waals surface area contributed by atoms with Crippen molar-refractivity contribution < 1.29 is 9.53 Å². The van der Waals surface area contributed by atoms with Crippen LogP contribution < -0.4 is 42.1 Å². The summed E-state index contributed by atoms with van der Waals surface area (Å²) < 4.78 is 10.7. The number of fused-ring (bicyclic) bond motifs is 1. The van der Waals surface area contributed by atoms with Crippen molar-refractivity contribution in [2.24, 2.45) is 14.1 Å². The van der Waals surface area contributed by atoms with Crippen molar-refractivity contribution in [3.05, 3.63) is 110 Å². The number of hydrogen-bond acceptors (Lipinski definition) is 11. The predicted molar refractivity (Wildman–Crippen MR) is 209 cm³/mol. The van der Waals surface area contributed by atoms with E-state index in [9.17, 15) is 14.4 Å². The lowest BCUT2D eigenvalue weighted by molar-refractivity contribution is -0.118. The third kappa shape index (κ3) is 7.67. The number of nitrogens with zero attached hydrogens (tertiary/aromatic N) is 9. The molecule has 1 aliphatic rings. The van der Waals surface area contributed by atoms with Crippen LogP contribution in [0, 0.1) is 0 Å². The number of rotatable bonds is 10. The number of carbonyl (C=O) groups excluding carboxylic acids is 1. The third-order valence-electron chi connectivity index (χ3n) is 9.23. The lowest BCUT2D eigenvalue weighted by Crippen LogP contribution is -2.46. The van der Waals surface area contributed by atoms with Gasteiger partial charge in [0.1, 0.15) is 16.4 Å². The van der Waals surface area contributed by atoms with Gasteiger partial charge in [-0.3, -0.25) is 19.1 Å². The minimum atomic E-state index is -0.461. The average Bonchev–Trinajstić information content (AvgIpc) is 3.94. The number of anilines is 3. The van der Waals surface area contributed by atoms with Gasteiger partial charge in [0.2, 0.25) is 11.9 Å². The topological polar surface area (TPSA) is 199 Å². The molecule has 55 heavy (non-hydrogen) atoms. The minimum Gasteiger partial charge on any atom is -0.478 e. The van der Waals surface area contributed by atoms with Gasteiger partial charge in [0.05, 0.1) is 43.9 Å². The van der Waals surface area contributed by atoms with E-state index in [1.807, 2.05) is 72.2 Å². The lowest BCUT2D eigenvalue weighted by Gasteiger charge is -2.23. The molecule has 1 aliphatic heterocycles. The van der Waals surface area contributed by atoms with Gasteiger partial charge in [0, 0.05) is 44.2 Å². The number of nitrogens with one attached hydrogen (secondary N) is 4. The van der Waals surface area contributed by atoms with E-state index in [1.165, 1.54) is 0 Å². The molecule has 6 aromatic rings. The highest BCUT2D eigenvalue weighted by Gasteiger charge is 2.29. The second-order valence-corrected chi connectivity index (χ2v) is 14.6. The van der Waals surface area contributed by atoms with Crippen molar-refractivity contribution in [3.63, 3.8) is 0 Å². The summed E-state index contributed by atoms with van der Waals surface area (Å²) in [7, 11) is 5.23. The molecule has 0 spiro atoms. The smallest absolute Gasteiger partial charge is 0.272 e. The van der Waals surface area contributed by atoms with Crippen LogP contribution in [0.3, 0.4) is 0 Å². The van der Waals surface area contributed by atoms with Gasteiger partial charge in [-0.1, -0.05) is 57.7 Å². The van der Waals surface area contributed by atoms with Gasteiger partial charge < -0.3 is 39.4 Å². The Morgan fingerprint density at radius 1 is 1.04 bits per heavy atom. The van der Waals surface area contributed by atoms with Crippen LogP contribution in [0.25, 0.3) is 23.3 Å². The molecule has 1 unspecified atom stereocenters. The molecule has 17 heteroatoms. The Bertz CT molecular complexity index is 2660. The number of aromatic amines is 2. The molecule has 0 radical (unpaired) electrons. The Labute approximate surface area is 315 Å². The number of aromatic nitrogens is 10. The highest BCUT2D eigenvalue weighted by Crippen LogP contribution is 2.31. The highest BCUT2D eigenvalue weighted by molar-refractivity contribution is 5.93. The normalized spacial score (nSPS) is 15.2. The maximum absolute atomic E-state index is 13.5. The van der Waals surface area contributed by atoms with Crippen LogP contribution >= 0.6 is 0 Å². The first-order chi connectivity index (χ1) is 26.3. The van der Waals surface area contributed by atoms with Crippen molar-refractivity contribution in [2.75, 3.05) is 30.4 Å². The van der Waals surface area contributed by atoms with E-state index in [2.05, 4.69) is 42.2 Å². The Kier molecular flexibility index (Phi) is 9.69. The van der Waals surface area contributed by atoms with Crippen molar-refractivity contribution in [1.82, 2.24) is 54.1 Å². The van der Waals surface area contributed by atoms with E-state index in [0.29, 0.717) is 65.3 Å². The number of imidazole rings is 2. The van der Waals surface area contributed by atoms with E-state index in [4.69, 9.17) is 14.7 Å². The number of methoxy groups -OCH3 is 1. The van der Waals surface area contributed by atoms with Crippen LogP contribution in [0.5, 0.6) is 5.88 Å². The number of ether oxygens (including phenoxy) is 1. The molecule has 1 aromatic carbocycles. The lowest BCUT2D eigenvalue weighted by atomic mass is 9.90. The second kappa shape index (κ2) is 14.6. The summed E-state index contributed by atoms with van der Waals surface area (Å²) in [5, 5.41) is 11.0. The van der Waals surface area contributed by atoms with Crippen LogP contribution in [0.2, 0.25) is 0 Å². The van der Waals surface area contributed by atoms with Crippen molar-refractivity contribution in [3.8, 4) is 5.88 Å². The third-order valence-corrected chi connectivity index (χ3v) is 9.23. The molecule has 0 aliphatic carbocycles. The van der Waals surface area contributed by atoms with Gasteiger partial charge in [-0.05, 0) is 24.1 Å². The summed E-state index contributed by atoms with van der Waals surface area (Å²) in [5.74, 6) is 1.14. The summed E-state index contributed by atoms with van der Waals surface area (Å²) >= 11 is 0. The fraction of sp³-hybridized carbons (Fsp3) is 0.316.